The van der Waals surface area contributed by atoms with E-state index < -0.39 is 42.0 Å². The molecule has 1 heterocycles. The summed E-state index contributed by atoms with van der Waals surface area (Å²) in [5.41, 5.74) is 1.30. The third-order valence-electron chi connectivity index (χ3n) is 5.29. The molecule has 1 aliphatic heterocycles. The lowest BCUT2D eigenvalue weighted by molar-refractivity contribution is -0.155. The van der Waals surface area contributed by atoms with Crippen LogP contribution in [0.15, 0.2) is 54.6 Å². The van der Waals surface area contributed by atoms with Gasteiger partial charge >= 0.3 is 12.0 Å². The van der Waals surface area contributed by atoms with Gasteiger partial charge in [0.2, 0.25) is 0 Å². The van der Waals surface area contributed by atoms with Crippen molar-refractivity contribution in [3.8, 4) is 11.1 Å². The molecule has 2 N–H and O–H groups in total. The van der Waals surface area contributed by atoms with Crippen LogP contribution < -0.4 is 10.6 Å². The van der Waals surface area contributed by atoms with Gasteiger partial charge < -0.3 is 15.4 Å². The highest BCUT2D eigenvalue weighted by atomic mass is 16.5. The number of amides is 4. The second-order valence-corrected chi connectivity index (χ2v) is 7.54. The minimum atomic E-state index is -1.12. The average Bonchev–Trinajstić information content (AvgIpc) is 2.98. The molecule has 2 atom stereocenters. The van der Waals surface area contributed by atoms with Crippen LogP contribution in [-0.4, -0.2) is 46.9 Å². The number of urea groups is 1. The normalized spacial score (nSPS) is 19.0. The molecule has 0 aromatic heterocycles. The summed E-state index contributed by atoms with van der Waals surface area (Å²) in [6.07, 6.45) is -0.724. The van der Waals surface area contributed by atoms with Crippen LogP contribution in [0.4, 0.5) is 10.5 Å². The lowest BCUT2D eigenvalue weighted by Crippen LogP contribution is -2.44. The van der Waals surface area contributed by atoms with E-state index in [0.29, 0.717) is 12.1 Å². The second kappa shape index (κ2) is 8.99. The molecule has 0 unspecified atom stereocenters. The molecule has 2 aromatic carbocycles. The highest BCUT2D eigenvalue weighted by Gasteiger charge is 2.47. The first-order valence-corrected chi connectivity index (χ1v) is 10.0. The van der Waals surface area contributed by atoms with Crippen LogP contribution in [-0.2, 0) is 19.1 Å². The van der Waals surface area contributed by atoms with Gasteiger partial charge in [0.05, 0.1) is 0 Å². The van der Waals surface area contributed by atoms with Crippen molar-refractivity contribution in [1.82, 2.24) is 10.2 Å². The fraction of sp³-hybridized carbons (Fsp3) is 0.304. The SMILES string of the molecule is CC[C@]1(C)NC(=O)N(CC(=O)O[C@@H](C)C(=O)Nc2ccccc2-c2ccccc2)C1=O. The summed E-state index contributed by atoms with van der Waals surface area (Å²) >= 11 is 0. The summed E-state index contributed by atoms with van der Waals surface area (Å²) in [5, 5.41) is 5.34. The quantitative estimate of drug-likeness (QED) is 0.526. The number of carbonyl (C=O) groups excluding carboxylic acids is 4. The number of ether oxygens (including phenoxy) is 1. The zero-order valence-corrected chi connectivity index (χ0v) is 17.7. The minimum absolute atomic E-state index is 0.392. The number of nitrogens with one attached hydrogen (secondary N) is 2. The molecule has 8 nitrogen and oxygen atoms in total. The maximum atomic E-state index is 12.6. The first kappa shape index (κ1) is 22.0. The van der Waals surface area contributed by atoms with Crippen molar-refractivity contribution in [2.45, 2.75) is 38.8 Å². The van der Waals surface area contributed by atoms with Crippen molar-refractivity contribution in [1.29, 1.82) is 0 Å². The Morgan fingerprint density at radius 1 is 1.10 bits per heavy atom. The summed E-state index contributed by atoms with van der Waals surface area (Å²) in [6.45, 7) is 4.23. The number of nitrogens with zero attached hydrogens (tertiary/aromatic N) is 1. The molecule has 2 aromatic rings. The van der Waals surface area contributed by atoms with E-state index in [0.717, 1.165) is 16.0 Å². The molecular weight excluding hydrogens is 398 g/mol. The van der Waals surface area contributed by atoms with Crippen molar-refractivity contribution in [2.75, 3.05) is 11.9 Å². The van der Waals surface area contributed by atoms with Crippen LogP contribution in [0.5, 0.6) is 0 Å². The van der Waals surface area contributed by atoms with Gasteiger partial charge in [0.1, 0.15) is 12.1 Å². The number of hydrogen-bond acceptors (Lipinski definition) is 5. The monoisotopic (exact) mass is 423 g/mol. The lowest BCUT2D eigenvalue weighted by atomic mass is 9.99. The van der Waals surface area contributed by atoms with Crippen LogP contribution in [0.2, 0.25) is 0 Å². The number of anilines is 1. The summed E-state index contributed by atoms with van der Waals surface area (Å²) in [4.78, 5) is 50.1. The first-order chi connectivity index (χ1) is 14.7. The van der Waals surface area contributed by atoms with E-state index >= 15 is 0 Å². The van der Waals surface area contributed by atoms with E-state index in [-0.39, 0.29) is 0 Å². The van der Waals surface area contributed by atoms with Gasteiger partial charge in [0.25, 0.3) is 11.8 Å². The molecule has 4 amide bonds. The van der Waals surface area contributed by atoms with Crippen molar-refractivity contribution >= 4 is 29.5 Å². The molecule has 1 saturated heterocycles. The van der Waals surface area contributed by atoms with Gasteiger partial charge in [-0.25, -0.2) is 4.79 Å². The maximum absolute atomic E-state index is 12.6. The van der Waals surface area contributed by atoms with Crippen molar-refractivity contribution < 1.29 is 23.9 Å². The molecule has 0 bridgehead atoms. The fourth-order valence-electron chi connectivity index (χ4n) is 3.24. The Balaban J connectivity index is 1.63. The summed E-state index contributed by atoms with van der Waals surface area (Å²) in [5.74, 6) is -1.86. The smallest absolute Gasteiger partial charge is 0.327 e. The Labute approximate surface area is 180 Å². The molecule has 0 radical (unpaired) electrons. The molecule has 1 fully saturated rings. The van der Waals surface area contributed by atoms with Crippen LogP contribution >= 0.6 is 0 Å². The van der Waals surface area contributed by atoms with E-state index in [9.17, 15) is 19.2 Å². The van der Waals surface area contributed by atoms with E-state index in [1.165, 1.54) is 6.92 Å². The van der Waals surface area contributed by atoms with Crippen molar-refractivity contribution in [3.05, 3.63) is 54.6 Å². The predicted octanol–water partition coefficient (Wildman–Crippen LogP) is 2.94. The predicted molar refractivity (Wildman–Crippen MR) is 115 cm³/mol. The number of rotatable bonds is 7. The number of hydrogen-bond donors (Lipinski definition) is 2. The Morgan fingerprint density at radius 2 is 1.74 bits per heavy atom. The van der Waals surface area contributed by atoms with E-state index in [4.69, 9.17) is 4.74 Å². The van der Waals surface area contributed by atoms with Crippen LogP contribution in [0.1, 0.15) is 27.2 Å². The topological polar surface area (TPSA) is 105 Å². The maximum Gasteiger partial charge on any atom is 0.327 e. The number of benzene rings is 2. The van der Waals surface area contributed by atoms with Crippen LogP contribution in [0.25, 0.3) is 11.1 Å². The molecule has 0 aliphatic carbocycles. The molecule has 8 heteroatoms. The average molecular weight is 423 g/mol. The number of carbonyl (C=O) groups is 4. The molecule has 0 saturated carbocycles. The van der Waals surface area contributed by atoms with E-state index in [1.54, 1.807) is 26.0 Å². The van der Waals surface area contributed by atoms with Crippen LogP contribution in [0, 0.1) is 0 Å². The second-order valence-electron chi connectivity index (χ2n) is 7.54. The minimum Gasteiger partial charge on any atom is -0.451 e. The van der Waals surface area contributed by atoms with E-state index in [1.807, 2.05) is 42.5 Å². The van der Waals surface area contributed by atoms with Gasteiger partial charge in [-0.05, 0) is 31.9 Å². The summed E-state index contributed by atoms with van der Waals surface area (Å²) in [6, 6.07) is 16.2. The highest BCUT2D eigenvalue weighted by molar-refractivity contribution is 6.08. The van der Waals surface area contributed by atoms with E-state index in [2.05, 4.69) is 10.6 Å². The third kappa shape index (κ3) is 4.74. The Hall–Kier alpha value is -3.68. The van der Waals surface area contributed by atoms with Crippen molar-refractivity contribution in [2.24, 2.45) is 0 Å². The van der Waals surface area contributed by atoms with Crippen LogP contribution in [0.3, 0.4) is 0 Å². The molecule has 3 rings (SSSR count). The molecule has 162 valence electrons. The molecule has 0 spiro atoms. The molecule has 1 aliphatic rings. The Bertz CT molecular complexity index is 1010. The van der Waals surface area contributed by atoms with Gasteiger partial charge in [-0.1, -0.05) is 55.5 Å². The third-order valence-corrected chi connectivity index (χ3v) is 5.29. The number of esters is 1. The first-order valence-electron chi connectivity index (χ1n) is 10.0. The number of imide groups is 1. The Morgan fingerprint density at radius 3 is 2.39 bits per heavy atom. The molecular formula is C23H25N3O5. The lowest BCUT2D eigenvalue weighted by Gasteiger charge is -2.19. The fourth-order valence-corrected chi connectivity index (χ4v) is 3.24. The zero-order chi connectivity index (χ0) is 22.6. The Kier molecular flexibility index (Phi) is 6.39. The highest BCUT2D eigenvalue weighted by Crippen LogP contribution is 2.27. The van der Waals surface area contributed by atoms with Gasteiger partial charge in [0.15, 0.2) is 6.10 Å². The van der Waals surface area contributed by atoms with Gasteiger partial charge in [0, 0.05) is 11.3 Å². The number of para-hydroxylation sites is 1. The van der Waals surface area contributed by atoms with Crippen molar-refractivity contribution in [3.63, 3.8) is 0 Å². The largest absolute Gasteiger partial charge is 0.451 e. The summed E-state index contributed by atoms with van der Waals surface area (Å²) < 4.78 is 5.17. The van der Waals surface area contributed by atoms with Gasteiger partial charge in [-0.15, -0.1) is 0 Å². The summed E-state index contributed by atoms with van der Waals surface area (Å²) in [7, 11) is 0. The zero-order valence-electron chi connectivity index (χ0n) is 17.7. The van der Waals surface area contributed by atoms with Gasteiger partial charge in [-0.3, -0.25) is 19.3 Å². The van der Waals surface area contributed by atoms with Gasteiger partial charge in [-0.2, -0.15) is 0 Å². The molecule has 31 heavy (non-hydrogen) atoms. The standard InChI is InChI=1S/C23H25N3O5/c1-4-23(3)21(29)26(22(30)25-23)14-19(27)31-15(2)20(28)24-18-13-9-8-12-17(18)16-10-6-5-7-11-16/h5-13,15H,4,14H2,1-3H3,(H,24,28)(H,25,30)/t15-,23-/m0/s1.